The monoisotopic (exact) mass is 343 g/mol. The topological polar surface area (TPSA) is 59.3 Å². The number of halogens is 1. The second-order valence-corrected chi connectivity index (χ2v) is 8.10. The number of benzene rings is 1. The van der Waals surface area contributed by atoms with Crippen molar-refractivity contribution in [1.29, 1.82) is 0 Å². The summed E-state index contributed by atoms with van der Waals surface area (Å²) in [6, 6.07) is 7.34. The van der Waals surface area contributed by atoms with Gasteiger partial charge in [0.2, 0.25) is 0 Å². The van der Waals surface area contributed by atoms with Gasteiger partial charge in [0.1, 0.15) is 11.3 Å². The molecule has 6 heteroatoms. The van der Waals surface area contributed by atoms with Gasteiger partial charge in [-0.25, -0.2) is 8.42 Å². The van der Waals surface area contributed by atoms with E-state index in [2.05, 4.69) is 21.2 Å². The first-order chi connectivity index (χ1) is 8.93. The lowest BCUT2D eigenvalue weighted by Crippen LogP contribution is -2.45. The predicted octanol–water partition coefficient (Wildman–Crippen LogP) is 2.64. The first-order valence-electron chi connectivity index (χ1n) is 6.08. The molecule has 2 heterocycles. The van der Waals surface area contributed by atoms with Gasteiger partial charge in [-0.2, -0.15) is 0 Å². The lowest BCUT2D eigenvalue weighted by Gasteiger charge is -2.27. The molecule has 0 aliphatic carbocycles. The molecule has 0 spiro atoms. The van der Waals surface area contributed by atoms with E-state index < -0.39 is 9.84 Å². The number of hydrogen-bond donors (Lipinski definition) is 1. The number of hydrogen-bond acceptors (Lipinski definition) is 4. The molecule has 2 unspecified atom stereocenters. The van der Waals surface area contributed by atoms with E-state index in [9.17, 15) is 8.42 Å². The van der Waals surface area contributed by atoms with Gasteiger partial charge >= 0.3 is 0 Å². The van der Waals surface area contributed by atoms with Crippen LogP contribution in [0.25, 0.3) is 11.0 Å². The third kappa shape index (κ3) is 2.70. The van der Waals surface area contributed by atoms with E-state index >= 15 is 0 Å². The van der Waals surface area contributed by atoms with E-state index in [1.54, 1.807) is 0 Å². The maximum Gasteiger partial charge on any atom is 0.153 e. The fraction of sp³-hybridized carbons (Fsp3) is 0.385. The van der Waals surface area contributed by atoms with E-state index in [1.165, 1.54) is 0 Å². The second kappa shape index (κ2) is 4.61. The Kier molecular flexibility index (Phi) is 3.19. The Labute approximate surface area is 120 Å². The Morgan fingerprint density at radius 3 is 2.84 bits per heavy atom. The van der Waals surface area contributed by atoms with Crippen molar-refractivity contribution >= 4 is 36.7 Å². The van der Waals surface area contributed by atoms with Gasteiger partial charge < -0.3 is 9.73 Å². The summed E-state index contributed by atoms with van der Waals surface area (Å²) >= 11 is 3.41. The smallest absolute Gasteiger partial charge is 0.153 e. The minimum Gasteiger partial charge on any atom is -0.459 e. The minimum absolute atomic E-state index is 0.0521. The largest absolute Gasteiger partial charge is 0.459 e. The standard InChI is InChI=1S/C13H14BrNO3S/c1-8-6-19(16,17)7-11(15-8)13-5-9-4-10(14)2-3-12(9)18-13/h2-5,8,11,15H,6-7H2,1H3. The van der Waals surface area contributed by atoms with Crippen LogP contribution in [0.5, 0.6) is 0 Å². The highest BCUT2D eigenvalue weighted by Gasteiger charge is 2.31. The molecule has 1 aromatic heterocycles. The van der Waals surface area contributed by atoms with Gasteiger partial charge in [-0.15, -0.1) is 0 Å². The average Bonchev–Trinajstić information content (AvgIpc) is 2.69. The van der Waals surface area contributed by atoms with Gasteiger partial charge in [0, 0.05) is 15.9 Å². The molecule has 102 valence electrons. The van der Waals surface area contributed by atoms with Crippen molar-refractivity contribution < 1.29 is 12.8 Å². The molecule has 4 nitrogen and oxygen atoms in total. The molecular weight excluding hydrogens is 330 g/mol. The zero-order valence-corrected chi connectivity index (χ0v) is 12.8. The molecule has 1 aliphatic heterocycles. The second-order valence-electron chi connectivity index (χ2n) is 5.03. The summed E-state index contributed by atoms with van der Waals surface area (Å²) in [5.74, 6) is 0.969. The molecular formula is C13H14BrNO3S. The molecule has 0 radical (unpaired) electrons. The van der Waals surface area contributed by atoms with Crippen LogP contribution in [-0.4, -0.2) is 26.0 Å². The summed E-state index contributed by atoms with van der Waals surface area (Å²) in [4.78, 5) is 0. The average molecular weight is 344 g/mol. The summed E-state index contributed by atoms with van der Waals surface area (Å²) in [6.07, 6.45) is 0. The Hall–Kier alpha value is -0.850. The van der Waals surface area contributed by atoms with Crippen molar-refractivity contribution in [3.63, 3.8) is 0 Å². The van der Waals surface area contributed by atoms with E-state index in [0.29, 0.717) is 5.76 Å². The van der Waals surface area contributed by atoms with Crippen molar-refractivity contribution in [2.45, 2.75) is 19.0 Å². The van der Waals surface area contributed by atoms with Crippen LogP contribution in [0.2, 0.25) is 0 Å². The summed E-state index contributed by atoms with van der Waals surface area (Å²) in [6.45, 7) is 1.88. The van der Waals surface area contributed by atoms with Gasteiger partial charge in [0.25, 0.3) is 0 Å². The molecule has 1 fully saturated rings. The van der Waals surface area contributed by atoms with Crippen molar-refractivity contribution in [1.82, 2.24) is 5.32 Å². The molecule has 0 bridgehead atoms. The Balaban J connectivity index is 1.99. The highest BCUT2D eigenvalue weighted by atomic mass is 79.9. The number of furan rings is 1. The van der Waals surface area contributed by atoms with Gasteiger partial charge in [-0.05, 0) is 31.2 Å². The van der Waals surface area contributed by atoms with E-state index in [1.807, 2.05) is 31.2 Å². The first-order valence-corrected chi connectivity index (χ1v) is 8.70. The third-order valence-electron chi connectivity index (χ3n) is 3.25. The van der Waals surface area contributed by atoms with Gasteiger partial charge in [-0.3, -0.25) is 0 Å². The zero-order valence-electron chi connectivity index (χ0n) is 10.4. The Bertz CT molecular complexity index is 723. The van der Waals surface area contributed by atoms with E-state index in [0.717, 1.165) is 15.4 Å². The number of nitrogens with one attached hydrogen (secondary N) is 1. The first kappa shape index (κ1) is 13.1. The number of rotatable bonds is 1. The fourth-order valence-corrected chi connectivity index (χ4v) is 4.65. The highest BCUT2D eigenvalue weighted by molar-refractivity contribution is 9.10. The molecule has 0 amide bonds. The summed E-state index contributed by atoms with van der Waals surface area (Å²) in [5, 5.41) is 4.25. The molecule has 1 aromatic carbocycles. The molecule has 0 saturated carbocycles. The predicted molar refractivity (Wildman–Crippen MR) is 77.9 cm³/mol. The Morgan fingerprint density at radius 2 is 2.11 bits per heavy atom. The van der Waals surface area contributed by atoms with Crippen LogP contribution in [-0.2, 0) is 9.84 Å². The van der Waals surface area contributed by atoms with Crippen molar-refractivity contribution in [3.8, 4) is 0 Å². The fourth-order valence-electron chi connectivity index (χ4n) is 2.51. The molecule has 1 N–H and O–H groups in total. The maximum atomic E-state index is 11.8. The third-order valence-corrected chi connectivity index (χ3v) is 5.59. The summed E-state index contributed by atoms with van der Waals surface area (Å²) in [7, 11) is -3.01. The Morgan fingerprint density at radius 1 is 1.32 bits per heavy atom. The van der Waals surface area contributed by atoms with Crippen molar-refractivity contribution in [2.75, 3.05) is 11.5 Å². The van der Waals surface area contributed by atoms with Gasteiger partial charge in [0.05, 0.1) is 17.5 Å². The summed E-state index contributed by atoms with van der Waals surface area (Å²) in [5.41, 5.74) is 0.774. The number of sulfone groups is 1. The van der Waals surface area contributed by atoms with Crippen LogP contribution in [0.1, 0.15) is 18.7 Å². The van der Waals surface area contributed by atoms with Crippen molar-refractivity contribution in [2.24, 2.45) is 0 Å². The minimum atomic E-state index is -3.01. The van der Waals surface area contributed by atoms with Crippen LogP contribution < -0.4 is 5.32 Å². The lowest BCUT2D eigenvalue weighted by atomic mass is 10.2. The highest BCUT2D eigenvalue weighted by Crippen LogP contribution is 2.29. The molecule has 1 saturated heterocycles. The molecule has 1 aliphatic rings. The van der Waals surface area contributed by atoms with Crippen molar-refractivity contribution in [3.05, 3.63) is 34.5 Å². The quantitative estimate of drug-likeness (QED) is 0.864. The van der Waals surface area contributed by atoms with Gasteiger partial charge in [0.15, 0.2) is 9.84 Å². The zero-order chi connectivity index (χ0) is 13.6. The van der Waals surface area contributed by atoms with Crippen LogP contribution in [0, 0.1) is 0 Å². The lowest BCUT2D eigenvalue weighted by molar-refractivity contribution is 0.406. The van der Waals surface area contributed by atoms with Crippen LogP contribution in [0.4, 0.5) is 0 Å². The van der Waals surface area contributed by atoms with E-state index in [4.69, 9.17) is 4.42 Å². The SMILES string of the molecule is CC1CS(=O)(=O)CC(c2cc3cc(Br)ccc3o2)N1. The van der Waals surface area contributed by atoms with Crippen LogP contribution >= 0.6 is 15.9 Å². The maximum absolute atomic E-state index is 11.8. The normalized spacial score (nSPS) is 26.6. The van der Waals surface area contributed by atoms with Crippen LogP contribution in [0.3, 0.4) is 0 Å². The number of fused-ring (bicyclic) bond motifs is 1. The molecule has 2 aromatic rings. The molecule has 3 rings (SSSR count). The van der Waals surface area contributed by atoms with Crippen LogP contribution in [0.15, 0.2) is 33.2 Å². The molecule has 19 heavy (non-hydrogen) atoms. The van der Waals surface area contributed by atoms with E-state index in [-0.39, 0.29) is 23.6 Å². The molecule has 2 atom stereocenters. The summed E-state index contributed by atoms with van der Waals surface area (Å²) < 4.78 is 30.4. The van der Waals surface area contributed by atoms with Gasteiger partial charge in [-0.1, -0.05) is 15.9 Å².